The Bertz CT molecular complexity index is 394. The van der Waals surface area contributed by atoms with Gasteiger partial charge in [-0.05, 0) is 19.2 Å². The Morgan fingerprint density at radius 3 is 2.58 bits per heavy atom. The van der Waals surface area contributed by atoms with Crippen LogP contribution in [0.5, 0.6) is 5.75 Å². The molecule has 0 saturated heterocycles. The molecule has 1 aromatic rings. The molecule has 0 aliphatic carbocycles. The van der Waals surface area contributed by atoms with Gasteiger partial charge >= 0.3 is 6.16 Å². The van der Waals surface area contributed by atoms with Crippen LogP contribution in [0.1, 0.15) is 0 Å². The first kappa shape index (κ1) is 15.1. The molecule has 0 saturated carbocycles. The summed E-state index contributed by atoms with van der Waals surface area (Å²) in [5, 5.41) is 4.65. The molecule has 0 radical (unpaired) electrons. The number of nitroso groups, excluding NO2 is 1. The smallest absolute Gasteiger partial charge is 0.432 e. The van der Waals surface area contributed by atoms with E-state index in [9.17, 15) is 9.70 Å². The Kier molecular flexibility index (Phi) is 7.14. The van der Waals surface area contributed by atoms with Gasteiger partial charge in [-0.25, -0.2) is 4.79 Å². The zero-order valence-corrected chi connectivity index (χ0v) is 10.7. The summed E-state index contributed by atoms with van der Waals surface area (Å²) >= 11 is 0. The van der Waals surface area contributed by atoms with Crippen molar-refractivity contribution in [2.45, 2.75) is 0 Å². The Morgan fingerprint density at radius 1 is 1.21 bits per heavy atom. The summed E-state index contributed by atoms with van der Waals surface area (Å²) < 4.78 is 14.8. The van der Waals surface area contributed by atoms with Gasteiger partial charge in [0.2, 0.25) is 0 Å². The highest BCUT2D eigenvalue weighted by Crippen LogP contribution is 2.12. The average molecular weight is 269 g/mol. The van der Waals surface area contributed by atoms with E-state index in [1.165, 1.54) is 24.3 Å². The summed E-state index contributed by atoms with van der Waals surface area (Å²) in [5.41, 5.74) is 0.388. The molecule has 0 bridgehead atoms. The van der Waals surface area contributed by atoms with Crippen molar-refractivity contribution < 1.29 is 24.2 Å². The topological polar surface area (TPSA) is 87.8 Å². The van der Waals surface area contributed by atoms with E-state index in [2.05, 4.69) is 5.32 Å². The third-order valence-corrected chi connectivity index (χ3v) is 2.12. The largest absolute Gasteiger partial charge is 0.513 e. The molecule has 0 atom stereocenters. The molecule has 0 aliphatic rings. The van der Waals surface area contributed by atoms with E-state index in [1.54, 1.807) is 5.18 Å². The molecule has 0 amide bonds. The average Bonchev–Trinajstić information content (AvgIpc) is 2.43. The Morgan fingerprint density at radius 2 is 1.95 bits per heavy atom. The van der Waals surface area contributed by atoms with Crippen LogP contribution in [0.2, 0.25) is 0 Å². The van der Waals surface area contributed by atoms with Crippen LogP contribution in [0, 0.1) is 4.91 Å². The molecule has 7 heteroatoms. The first-order chi connectivity index (χ1) is 9.26. The number of rotatable bonds is 8. The number of hydrogen-bond donors (Lipinski definition) is 2. The van der Waals surface area contributed by atoms with Crippen LogP contribution < -0.4 is 15.2 Å². The normalized spacial score (nSPS) is 9.95. The van der Waals surface area contributed by atoms with Crippen molar-refractivity contribution in [2.75, 3.05) is 33.4 Å². The molecule has 2 N–H and O–H groups in total. The third-order valence-electron chi connectivity index (χ3n) is 2.12. The van der Waals surface area contributed by atoms with Crippen LogP contribution in [0.15, 0.2) is 24.3 Å². The van der Waals surface area contributed by atoms with Crippen molar-refractivity contribution in [3.63, 3.8) is 0 Å². The SMILES string of the molecule is CNCCOCCOC(=O)Oc1ccc([NH+]=O)cc1. The Balaban J connectivity index is 2.17. The number of benzene rings is 1. The molecule has 0 aromatic heterocycles. The monoisotopic (exact) mass is 269 g/mol. The van der Waals surface area contributed by atoms with Crippen molar-refractivity contribution in [1.82, 2.24) is 5.32 Å². The molecule has 0 heterocycles. The van der Waals surface area contributed by atoms with E-state index in [4.69, 9.17) is 14.2 Å². The first-order valence-electron chi connectivity index (χ1n) is 5.81. The van der Waals surface area contributed by atoms with Gasteiger partial charge in [-0.3, -0.25) is 0 Å². The highest BCUT2D eigenvalue weighted by molar-refractivity contribution is 5.63. The molecule has 0 fully saturated rings. The summed E-state index contributed by atoms with van der Waals surface area (Å²) in [7, 11) is 1.82. The second-order valence-corrected chi connectivity index (χ2v) is 3.54. The number of nitrogens with one attached hydrogen (secondary N) is 2. The maximum atomic E-state index is 11.3. The highest BCUT2D eigenvalue weighted by Gasteiger charge is 2.06. The fraction of sp³-hybridized carbons (Fsp3) is 0.417. The van der Waals surface area contributed by atoms with Crippen LogP contribution in [-0.2, 0) is 9.47 Å². The molecule has 0 unspecified atom stereocenters. The fourth-order valence-corrected chi connectivity index (χ4v) is 1.18. The zero-order chi connectivity index (χ0) is 13.9. The van der Waals surface area contributed by atoms with Gasteiger partial charge in [0.25, 0.3) is 5.69 Å². The summed E-state index contributed by atoms with van der Waals surface area (Å²) in [6.07, 6.45) is -0.806. The summed E-state index contributed by atoms with van der Waals surface area (Å²) in [5.74, 6) is 0.306. The van der Waals surface area contributed by atoms with Gasteiger partial charge in [0.05, 0.1) is 13.2 Å². The van der Waals surface area contributed by atoms with Crippen molar-refractivity contribution in [3.05, 3.63) is 29.2 Å². The fourth-order valence-electron chi connectivity index (χ4n) is 1.18. The van der Waals surface area contributed by atoms with E-state index in [0.29, 0.717) is 24.7 Å². The maximum Gasteiger partial charge on any atom is 0.513 e. The lowest BCUT2D eigenvalue weighted by molar-refractivity contribution is -0.379. The third kappa shape index (κ3) is 6.49. The van der Waals surface area contributed by atoms with Crippen LogP contribution in [0.3, 0.4) is 0 Å². The molecule has 7 nitrogen and oxygen atoms in total. The number of hydrogen-bond acceptors (Lipinski definition) is 6. The minimum atomic E-state index is -0.806. The van der Waals surface area contributed by atoms with Gasteiger partial charge in [-0.1, -0.05) is 0 Å². The van der Waals surface area contributed by atoms with Gasteiger partial charge < -0.3 is 19.5 Å². The summed E-state index contributed by atoms with van der Waals surface area (Å²) in [6, 6.07) is 5.97. The molecule has 0 aliphatic heterocycles. The molecular formula is C12H17N2O5+. The maximum absolute atomic E-state index is 11.3. The molecule has 1 rings (SSSR count). The van der Waals surface area contributed by atoms with Crippen LogP contribution in [0.25, 0.3) is 0 Å². The predicted molar refractivity (Wildman–Crippen MR) is 67.2 cm³/mol. The molecular weight excluding hydrogens is 252 g/mol. The lowest BCUT2D eigenvalue weighted by Crippen LogP contribution is -2.55. The van der Waals surface area contributed by atoms with E-state index in [-0.39, 0.29) is 6.61 Å². The van der Waals surface area contributed by atoms with E-state index < -0.39 is 6.16 Å². The van der Waals surface area contributed by atoms with Crippen molar-refractivity contribution in [2.24, 2.45) is 0 Å². The molecule has 104 valence electrons. The highest BCUT2D eigenvalue weighted by atomic mass is 16.7. The van der Waals surface area contributed by atoms with Gasteiger partial charge in [0, 0.05) is 28.8 Å². The van der Waals surface area contributed by atoms with E-state index in [1.807, 2.05) is 7.05 Å². The number of carbonyl (C=O) groups is 1. The Hall–Kier alpha value is -1.99. The number of carbonyl (C=O) groups excluding carboxylic acids is 1. The number of ether oxygens (including phenoxy) is 3. The second-order valence-electron chi connectivity index (χ2n) is 3.54. The van der Waals surface area contributed by atoms with Crippen molar-refractivity contribution in [1.29, 1.82) is 0 Å². The lowest BCUT2D eigenvalue weighted by Gasteiger charge is -2.06. The number of likely N-dealkylation sites (N-methyl/N-ethyl adjacent to an activating group) is 1. The van der Waals surface area contributed by atoms with Gasteiger partial charge in [-0.2, -0.15) is 0 Å². The van der Waals surface area contributed by atoms with Crippen LogP contribution in [0.4, 0.5) is 10.5 Å². The van der Waals surface area contributed by atoms with Crippen LogP contribution in [-0.4, -0.2) is 39.6 Å². The van der Waals surface area contributed by atoms with E-state index >= 15 is 0 Å². The van der Waals surface area contributed by atoms with Gasteiger partial charge in [-0.15, -0.1) is 0 Å². The molecule has 19 heavy (non-hydrogen) atoms. The quantitative estimate of drug-likeness (QED) is 0.390. The summed E-state index contributed by atoms with van der Waals surface area (Å²) in [4.78, 5) is 21.6. The van der Waals surface area contributed by atoms with Gasteiger partial charge in [0.15, 0.2) is 0 Å². The van der Waals surface area contributed by atoms with E-state index in [0.717, 1.165) is 6.54 Å². The standard InChI is InChI=1S/C12H16N2O5/c1-13-6-7-17-8-9-18-12(15)19-11-4-2-10(14-16)3-5-11/h2-5,13H,6-9H2,1H3/p+1. The lowest BCUT2D eigenvalue weighted by atomic mass is 10.3. The predicted octanol–water partition coefficient (Wildman–Crippen LogP) is -0.0835. The van der Waals surface area contributed by atoms with Crippen molar-refractivity contribution in [3.8, 4) is 5.75 Å². The second kappa shape index (κ2) is 9.01. The Labute approximate surface area is 110 Å². The molecule has 0 spiro atoms. The minimum Gasteiger partial charge on any atom is -0.432 e. The van der Waals surface area contributed by atoms with Crippen LogP contribution >= 0.6 is 0 Å². The summed E-state index contributed by atoms with van der Waals surface area (Å²) in [6.45, 7) is 1.74. The first-order valence-corrected chi connectivity index (χ1v) is 5.81. The minimum absolute atomic E-state index is 0.128. The molecule has 1 aromatic carbocycles. The van der Waals surface area contributed by atoms with Crippen molar-refractivity contribution >= 4 is 11.8 Å². The zero-order valence-electron chi connectivity index (χ0n) is 10.7. The van der Waals surface area contributed by atoms with Gasteiger partial charge in [0.1, 0.15) is 12.4 Å².